The van der Waals surface area contributed by atoms with Crippen molar-refractivity contribution in [3.63, 3.8) is 0 Å². The zero-order chi connectivity index (χ0) is 14.7. The SMILES string of the molecule is Cc1cc(C)c(CSc2nnnn2CC(=O)O)c(C)c1. The Morgan fingerprint density at radius 2 is 1.95 bits per heavy atom. The zero-order valence-corrected chi connectivity index (χ0v) is 12.4. The molecule has 0 aliphatic rings. The van der Waals surface area contributed by atoms with Crippen molar-refractivity contribution in [2.45, 2.75) is 38.2 Å². The summed E-state index contributed by atoms with van der Waals surface area (Å²) in [6.45, 7) is 6.01. The van der Waals surface area contributed by atoms with Gasteiger partial charge in [-0.3, -0.25) is 4.79 Å². The van der Waals surface area contributed by atoms with E-state index in [1.54, 1.807) is 0 Å². The maximum Gasteiger partial charge on any atom is 0.325 e. The molecule has 0 radical (unpaired) electrons. The van der Waals surface area contributed by atoms with Gasteiger partial charge in [0.2, 0.25) is 5.16 Å². The molecule has 1 N–H and O–H groups in total. The van der Waals surface area contributed by atoms with E-state index in [0.29, 0.717) is 5.16 Å². The van der Waals surface area contributed by atoms with E-state index in [1.165, 1.54) is 38.7 Å². The second kappa shape index (κ2) is 6.04. The van der Waals surface area contributed by atoms with E-state index in [4.69, 9.17) is 5.11 Å². The van der Waals surface area contributed by atoms with Crippen LogP contribution in [0.25, 0.3) is 0 Å². The maximum absolute atomic E-state index is 10.7. The molecule has 106 valence electrons. The highest BCUT2D eigenvalue weighted by molar-refractivity contribution is 7.98. The minimum Gasteiger partial charge on any atom is -0.480 e. The van der Waals surface area contributed by atoms with Crippen molar-refractivity contribution in [3.05, 3.63) is 34.4 Å². The van der Waals surface area contributed by atoms with Crippen molar-refractivity contribution in [1.29, 1.82) is 0 Å². The van der Waals surface area contributed by atoms with Crippen molar-refractivity contribution in [2.24, 2.45) is 0 Å². The third-order valence-electron chi connectivity index (χ3n) is 2.97. The summed E-state index contributed by atoms with van der Waals surface area (Å²) >= 11 is 1.45. The highest BCUT2D eigenvalue weighted by atomic mass is 32.2. The largest absolute Gasteiger partial charge is 0.480 e. The standard InChI is InChI=1S/C13H16N4O2S/c1-8-4-9(2)11(10(3)5-8)7-20-13-14-15-16-17(13)6-12(18)19/h4-5H,6-7H2,1-3H3,(H,18,19). The first kappa shape index (κ1) is 14.5. The van der Waals surface area contributed by atoms with Crippen LogP contribution in [0.1, 0.15) is 22.3 Å². The number of carbonyl (C=O) groups is 1. The van der Waals surface area contributed by atoms with E-state index in [0.717, 1.165) is 5.75 Å². The van der Waals surface area contributed by atoms with Gasteiger partial charge in [-0.2, -0.15) is 0 Å². The minimum absolute atomic E-state index is 0.221. The number of aliphatic carboxylic acids is 1. The summed E-state index contributed by atoms with van der Waals surface area (Å²) in [6, 6.07) is 4.28. The lowest BCUT2D eigenvalue weighted by Gasteiger charge is -2.10. The van der Waals surface area contributed by atoms with Crippen LogP contribution in [0.5, 0.6) is 0 Å². The first-order chi connectivity index (χ1) is 9.47. The van der Waals surface area contributed by atoms with Gasteiger partial charge in [-0.15, -0.1) is 5.10 Å². The molecular formula is C13H16N4O2S. The molecule has 2 rings (SSSR count). The second-order valence-corrected chi connectivity index (χ2v) is 5.62. The van der Waals surface area contributed by atoms with Gasteiger partial charge < -0.3 is 5.11 Å². The van der Waals surface area contributed by atoms with E-state index in [9.17, 15) is 4.79 Å². The molecule has 1 heterocycles. The van der Waals surface area contributed by atoms with Crippen LogP contribution in [0.4, 0.5) is 0 Å². The van der Waals surface area contributed by atoms with Crippen LogP contribution in [0.2, 0.25) is 0 Å². The molecule has 0 aliphatic heterocycles. The third-order valence-corrected chi connectivity index (χ3v) is 3.95. The molecule has 0 aliphatic carbocycles. The topological polar surface area (TPSA) is 80.9 Å². The van der Waals surface area contributed by atoms with Gasteiger partial charge in [-0.1, -0.05) is 29.5 Å². The highest BCUT2D eigenvalue weighted by Crippen LogP contribution is 2.25. The van der Waals surface area contributed by atoms with Crippen LogP contribution in [0.3, 0.4) is 0 Å². The van der Waals surface area contributed by atoms with Crippen LogP contribution in [-0.4, -0.2) is 31.3 Å². The molecular weight excluding hydrogens is 276 g/mol. The lowest BCUT2D eigenvalue weighted by Crippen LogP contribution is -2.11. The number of hydrogen-bond acceptors (Lipinski definition) is 5. The average Bonchev–Trinajstić information content (AvgIpc) is 2.74. The van der Waals surface area contributed by atoms with Gasteiger partial charge in [0, 0.05) is 5.75 Å². The third kappa shape index (κ3) is 3.36. The van der Waals surface area contributed by atoms with Crippen molar-refractivity contribution in [2.75, 3.05) is 0 Å². The molecule has 0 atom stereocenters. The van der Waals surface area contributed by atoms with Crippen molar-refractivity contribution < 1.29 is 9.90 Å². The van der Waals surface area contributed by atoms with E-state index in [2.05, 4.69) is 48.4 Å². The fourth-order valence-corrected chi connectivity index (χ4v) is 3.17. The normalized spacial score (nSPS) is 10.8. The van der Waals surface area contributed by atoms with Crippen LogP contribution < -0.4 is 0 Å². The molecule has 1 aromatic heterocycles. The van der Waals surface area contributed by atoms with Crippen LogP contribution in [0, 0.1) is 20.8 Å². The van der Waals surface area contributed by atoms with Gasteiger partial charge in [-0.25, -0.2) is 4.68 Å². The summed E-state index contributed by atoms with van der Waals surface area (Å²) in [5.74, 6) is -0.236. The minimum atomic E-state index is -0.957. The number of hydrogen-bond donors (Lipinski definition) is 1. The van der Waals surface area contributed by atoms with Crippen LogP contribution in [0.15, 0.2) is 17.3 Å². The summed E-state index contributed by atoms with van der Waals surface area (Å²) in [6.07, 6.45) is 0. The molecule has 0 fully saturated rings. The molecule has 1 aromatic carbocycles. The molecule has 6 nitrogen and oxygen atoms in total. The van der Waals surface area contributed by atoms with Crippen LogP contribution in [-0.2, 0) is 17.1 Å². The van der Waals surface area contributed by atoms with E-state index < -0.39 is 5.97 Å². The Morgan fingerprint density at radius 3 is 2.55 bits per heavy atom. The fraction of sp³-hybridized carbons (Fsp3) is 0.385. The molecule has 0 bridgehead atoms. The number of rotatable bonds is 5. The predicted octanol–water partition coefficient (Wildman–Crippen LogP) is 1.98. The van der Waals surface area contributed by atoms with E-state index in [1.807, 2.05) is 0 Å². The molecule has 0 saturated carbocycles. The molecule has 2 aromatic rings. The Balaban J connectivity index is 2.13. The number of nitrogens with zero attached hydrogens (tertiary/aromatic N) is 4. The Hall–Kier alpha value is -1.89. The molecule has 7 heteroatoms. The fourth-order valence-electron chi connectivity index (χ4n) is 2.10. The van der Waals surface area contributed by atoms with E-state index >= 15 is 0 Å². The lowest BCUT2D eigenvalue weighted by molar-refractivity contribution is -0.138. The number of carboxylic acid groups (broad SMARTS) is 1. The maximum atomic E-state index is 10.7. The molecule has 20 heavy (non-hydrogen) atoms. The average molecular weight is 292 g/mol. The van der Waals surface area contributed by atoms with Gasteiger partial charge in [0.25, 0.3) is 0 Å². The number of thioether (sulfide) groups is 1. The Kier molecular flexibility index (Phi) is 4.39. The monoisotopic (exact) mass is 292 g/mol. The predicted molar refractivity (Wildman–Crippen MR) is 75.7 cm³/mol. The summed E-state index contributed by atoms with van der Waals surface area (Å²) < 4.78 is 1.30. The lowest BCUT2D eigenvalue weighted by atomic mass is 10.0. The van der Waals surface area contributed by atoms with Crippen LogP contribution >= 0.6 is 11.8 Å². The zero-order valence-electron chi connectivity index (χ0n) is 11.6. The summed E-state index contributed by atoms with van der Waals surface area (Å²) in [7, 11) is 0. The smallest absolute Gasteiger partial charge is 0.325 e. The Labute approximate surface area is 121 Å². The van der Waals surface area contributed by atoms with Gasteiger partial charge in [0.1, 0.15) is 6.54 Å². The second-order valence-electron chi connectivity index (χ2n) is 4.68. The molecule has 0 spiro atoms. The number of tetrazole rings is 1. The molecule has 0 unspecified atom stereocenters. The summed E-state index contributed by atoms with van der Waals surface area (Å²) in [5.41, 5.74) is 4.94. The van der Waals surface area contributed by atoms with Gasteiger partial charge in [0.15, 0.2) is 0 Å². The molecule has 0 amide bonds. The summed E-state index contributed by atoms with van der Waals surface area (Å²) in [4.78, 5) is 10.7. The van der Waals surface area contributed by atoms with Gasteiger partial charge in [-0.05, 0) is 47.9 Å². The molecule has 0 saturated heterocycles. The number of aromatic nitrogens is 4. The quantitative estimate of drug-likeness (QED) is 0.849. The Morgan fingerprint density at radius 1 is 1.30 bits per heavy atom. The Bertz CT molecular complexity index is 616. The summed E-state index contributed by atoms with van der Waals surface area (Å²) in [5, 5.41) is 20.4. The highest BCUT2D eigenvalue weighted by Gasteiger charge is 2.12. The number of benzene rings is 1. The van der Waals surface area contributed by atoms with E-state index in [-0.39, 0.29) is 6.54 Å². The van der Waals surface area contributed by atoms with Crippen molar-refractivity contribution in [3.8, 4) is 0 Å². The van der Waals surface area contributed by atoms with Gasteiger partial charge in [0.05, 0.1) is 0 Å². The van der Waals surface area contributed by atoms with Gasteiger partial charge >= 0.3 is 5.97 Å². The first-order valence-corrected chi connectivity index (χ1v) is 7.13. The van der Waals surface area contributed by atoms with Crippen molar-refractivity contribution in [1.82, 2.24) is 20.2 Å². The van der Waals surface area contributed by atoms with Crippen molar-refractivity contribution >= 4 is 17.7 Å². The number of aryl methyl sites for hydroxylation is 3. The number of carboxylic acids is 1. The first-order valence-electron chi connectivity index (χ1n) is 6.15.